The number of benzene rings is 2. The van der Waals surface area contributed by atoms with Gasteiger partial charge in [-0.1, -0.05) is 141 Å². The predicted molar refractivity (Wildman–Crippen MR) is 151 cm³/mol. The molecule has 0 spiro atoms. The number of unbranched alkanes of at least 4 members (excludes halogenated alkanes) is 4. The van der Waals surface area contributed by atoms with Crippen LogP contribution in [-0.4, -0.2) is 0 Å². The van der Waals surface area contributed by atoms with E-state index in [4.69, 9.17) is 0 Å². The molecule has 0 aromatic heterocycles. The maximum atomic E-state index is 2.45. The molecule has 33 heavy (non-hydrogen) atoms. The molecule has 1 aliphatic rings. The van der Waals surface area contributed by atoms with Crippen LogP contribution in [0.25, 0.3) is 0 Å². The van der Waals surface area contributed by atoms with Crippen LogP contribution in [0.2, 0.25) is 0 Å². The highest BCUT2D eigenvalue weighted by Gasteiger charge is 2.28. The van der Waals surface area contributed by atoms with Crippen molar-refractivity contribution in [3.05, 3.63) is 70.8 Å². The lowest BCUT2D eigenvalue weighted by atomic mass is 9.71. The van der Waals surface area contributed by atoms with E-state index in [1.54, 1.807) is 5.56 Å². The summed E-state index contributed by atoms with van der Waals surface area (Å²) in [6.45, 7) is 13.4. The Bertz CT molecular complexity index is 720. The van der Waals surface area contributed by atoms with Crippen molar-refractivity contribution in [1.82, 2.24) is 0 Å². The summed E-state index contributed by atoms with van der Waals surface area (Å²) < 4.78 is 0. The molecule has 186 valence electrons. The Morgan fingerprint density at radius 2 is 1.18 bits per heavy atom. The molecular weight excluding hydrogens is 396 g/mol. The average Bonchev–Trinajstić information content (AvgIpc) is 2.85. The van der Waals surface area contributed by atoms with Crippen molar-refractivity contribution in [2.75, 3.05) is 0 Å². The maximum absolute atomic E-state index is 2.45. The van der Waals surface area contributed by atoms with Gasteiger partial charge in [0.15, 0.2) is 0 Å². The second-order valence-corrected chi connectivity index (χ2v) is 10.2. The van der Waals surface area contributed by atoms with Crippen LogP contribution in [-0.2, 0) is 24.7 Å². The molecule has 0 N–H and O–H groups in total. The monoisotopic (exact) mass is 450 g/mol. The molecular formula is C33H54. The highest BCUT2D eigenvalue weighted by Crippen LogP contribution is 2.39. The van der Waals surface area contributed by atoms with Gasteiger partial charge in [0.2, 0.25) is 0 Å². The molecule has 0 radical (unpaired) electrons. The Morgan fingerprint density at radius 1 is 0.636 bits per heavy atom. The van der Waals surface area contributed by atoms with Crippen LogP contribution in [0.4, 0.5) is 0 Å². The van der Waals surface area contributed by atoms with Gasteiger partial charge >= 0.3 is 0 Å². The van der Waals surface area contributed by atoms with E-state index < -0.39 is 0 Å². The van der Waals surface area contributed by atoms with E-state index in [1.807, 2.05) is 0 Å². The smallest absolute Gasteiger partial charge is 0.00751 e. The minimum Gasteiger partial charge on any atom is -0.0656 e. The first-order chi connectivity index (χ1) is 16.0. The molecule has 1 fully saturated rings. The molecule has 0 saturated heterocycles. The molecule has 1 saturated carbocycles. The third-order valence-corrected chi connectivity index (χ3v) is 6.96. The van der Waals surface area contributed by atoms with Gasteiger partial charge in [-0.3, -0.25) is 0 Å². The van der Waals surface area contributed by atoms with Crippen LogP contribution >= 0.6 is 0 Å². The summed E-state index contributed by atoms with van der Waals surface area (Å²) >= 11 is 0. The summed E-state index contributed by atoms with van der Waals surface area (Å²) in [6, 6.07) is 18.3. The quantitative estimate of drug-likeness (QED) is 0.333. The molecule has 2 aromatic carbocycles. The third kappa shape index (κ3) is 11.9. The molecule has 0 bridgehead atoms. The number of aryl methyl sites for hydroxylation is 3. The van der Waals surface area contributed by atoms with Crippen molar-refractivity contribution in [1.29, 1.82) is 0 Å². The molecule has 0 unspecified atom stereocenters. The van der Waals surface area contributed by atoms with Gasteiger partial charge in [-0.2, -0.15) is 0 Å². The highest BCUT2D eigenvalue weighted by atomic mass is 14.3. The van der Waals surface area contributed by atoms with E-state index in [9.17, 15) is 0 Å². The molecule has 0 heteroatoms. The maximum Gasteiger partial charge on any atom is -0.00751 e. The van der Waals surface area contributed by atoms with Gasteiger partial charge in [0.25, 0.3) is 0 Å². The van der Waals surface area contributed by atoms with E-state index in [0.29, 0.717) is 5.41 Å². The van der Waals surface area contributed by atoms with Gasteiger partial charge < -0.3 is 0 Å². The fourth-order valence-electron chi connectivity index (χ4n) is 4.73. The van der Waals surface area contributed by atoms with Crippen LogP contribution in [0.5, 0.6) is 0 Å². The number of rotatable bonds is 9. The molecule has 0 nitrogen and oxygen atoms in total. The molecule has 2 aromatic rings. The lowest BCUT2D eigenvalue weighted by Crippen LogP contribution is -2.25. The summed E-state index contributed by atoms with van der Waals surface area (Å²) in [5.41, 5.74) is 6.51. The fraction of sp³-hybridized carbons (Fsp3) is 0.636. The second-order valence-electron chi connectivity index (χ2n) is 10.2. The van der Waals surface area contributed by atoms with Crippen LogP contribution in [0, 0.1) is 0 Å². The van der Waals surface area contributed by atoms with Gasteiger partial charge in [0.05, 0.1) is 0 Å². The zero-order valence-corrected chi connectivity index (χ0v) is 23.0. The summed E-state index contributed by atoms with van der Waals surface area (Å²) in [5.74, 6) is 0. The summed E-state index contributed by atoms with van der Waals surface area (Å²) in [5, 5.41) is 0. The molecule has 0 heterocycles. The van der Waals surface area contributed by atoms with Crippen molar-refractivity contribution in [3.8, 4) is 0 Å². The lowest BCUT2D eigenvalue weighted by molar-refractivity contribution is 0.319. The zero-order valence-electron chi connectivity index (χ0n) is 23.0. The van der Waals surface area contributed by atoms with E-state index in [2.05, 4.69) is 90.1 Å². The average molecular weight is 451 g/mol. The fourth-order valence-corrected chi connectivity index (χ4v) is 4.73. The van der Waals surface area contributed by atoms with Gasteiger partial charge in [0, 0.05) is 0 Å². The highest BCUT2D eigenvalue weighted by molar-refractivity contribution is 5.30. The molecule has 0 amide bonds. The molecule has 1 aliphatic carbocycles. The van der Waals surface area contributed by atoms with Crippen molar-refractivity contribution in [2.45, 2.75) is 137 Å². The number of hydrogen-bond acceptors (Lipinski definition) is 0. The van der Waals surface area contributed by atoms with Crippen molar-refractivity contribution < 1.29 is 0 Å². The topological polar surface area (TPSA) is 0 Å². The van der Waals surface area contributed by atoms with Gasteiger partial charge in [-0.25, -0.2) is 0 Å². The van der Waals surface area contributed by atoms with Crippen molar-refractivity contribution in [3.63, 3.8) is 0 Å². The number of hydrogen-bond donors (Lipinski definition) is 0. The first-order valence-corrected chi connectivity index (χ1v) is 14.2. The normalized spacial score (nSPS) is 14.5. The predicted octanol–water partition coefficient (Wildman–Crippen LogP) is 10.6. The second kappa shape index (κ2) is 17.9. The Balaban J connectivity index is 0.000000295. The minimum atomic E-state index is 0.462. The summed E-state index contributed by atoms with van der Waals surface area (Å²) in [4.78, 5) is 0. The molecule has 3 rings (SSSR count). The van der Waals surface area contributed by atoms with E-state index >= 15 is 0 Å². The Labute approximate surface area is 207 Å². The Kier molecular flexibility index (Phi) is 15.9. The van der Waals surface area contributed by atoms with Crippen molar-refractivity contribution >= 4 is 0 Å². The SMILES string of the molecule is CCC.CCCCCCCc1cccc(CC)c1.CCc1cccc(C2(C)CCCCC2)c1. The minimum absolute atomic E-state index is 0.462. The van der Waals surface area contributed by atoms with Gasteiger partial charge in [0.1, 0.15) is 0 Å². The van der Waals surface area contributed by atoms with Gasteiger partial charge in [-0.05, 0) is 66.2 Å². The van der Waals surface area contributed by atoms with Crippen LogP contribution in [0.1, 0.15) is 134 Å². The zero-order chi connectivity index (χ0) is 24.4. The van der Waals surface area contributed by atoms with E-state index in [0.717, 1.165) is 12.8 Å². The van der Waals surface area contributed by atoms with Crippen molar-refractivity contribution in [2.24, 2.45) is 0 Å². The lowest BCUT2D eigenvalue weighted by Gasteiger charge is -2.34. The van der Waals surface area contributed by atoms with E-state index in [-0.39, 0.29) is 0 Å². The first kappa shape index (κ1) is 29.5. The van der Waals surface area contributed by atoms with Gasteiger partial charge in [-0.15, -0.1) is 0 Å². The largest absolute Gasteiger partial charge is 0.0656 e. The summed E-state index contributed by atoms with van der Waals surface area (Å²) in [6.07, 6.45) is 18.7. The Morgan fingerprint density at radius 3 is 1.79 bits per heavy atom. The molecule has 0 aliphatic heterocycles. The van der Waals surface area contributed by atoms with E-state index in [1.165, 1.54) is 93.7 Å². The van der Waals surface area contributed by atoms with Crippen LogP contribution < -0.4 is 0 Å². The first-order valence-electron chi connectivity index (χ1n) is 14.2. The molecule has 0 atom stereocenters. The third-order valence-electron chi connectivity index (χ3n) is 6.96. The Hall–Kier alpha value is -1.56. The van der Waals surface area contributed by atoms with Crippen LogP contribution in [0.15, 0.2) is 48.5 Å². The summed E-state index contributed by atoms with van der Waals surface area (Å²) in [7, 11) is 0. The van der Waals surface area contributed by atoms with Crippen LogP contribution in [0.3, 0.4) is 0 Å². The standard InChI is InChI=1S/C15H22.C15H24.C3H8/c1-3-13-8-7-9-14(12-13)15(2)10-5-4-6-11-15;1-3-5-6-7-8-10-15-12-9-11-14(4-2)13-15;1-3-2/h7-9,12H,3-6,10-11H2,1-2H3;9,11-13H,3-8,10H2,1-2H3;3H2,1-2H3.